The molecule has 0 saturated carbocycles. The van der Waals surface area contributed by atoms with Gasteiger partial charge < -0.3 is 24.3 Å². The van der Waals surface area contributed by atoms with Crippen LogP contribution in [0.25, 0.3) is 0 Å². The van der Waals surface area contributed by atoms with Crippen molar-refractivity contribution in [1.29, 1.82) is 0 Å². The molecule has 3 rings (SSSR count). The van der Waals surface area contributed by atoms with Gasteiger partial charge in [0.25, 0.3) is 0 Å². The maximum absolute atomic E-state index is 12.7. The highest BCUT2D eigenvalue weighted by molar-refractivity contribution is 5.77. The zero-order valence-electron chi connectivity index (χ0n) is 17.7. The van der Waals surface area contributed by atoms with Crippen LogP contribution in [0.5, 0.6) is 23.0 Å². The van der Waals surface area contributed by atoms with Gasteiger partial charge in [-0.3, -0.25) is 4.79 Å². The molecule has 0 bridgehead atoms. The number of aryl methyl sites for hydroxylation is 1. The Hall–Kier alpha value is -2.89. The van der Waals surface area contributed by atoms with Crippen LogP contribution >= 0.6 is 0 Å². The molecule has 2 aromatic carbocycles. The Morgan fingerprint density at radius 1 is 1.07 bits per heavy atom. The minimum absolute atomic E-state index is 0.00347. The zero-order chi connectivity index (χ0) is 21.0. The lowest BCUT2D eigenvalue weighted by atomic mass is 9.89. The average molecular weight is 399 g/mol. The van der Waals surface area contributed by atoms with Crippen LogP contribution in [-0.2, 0) is 11.2 Å². The second kappa shape index (κ2) is 8.64. The molecule has 1 aliphatic heterocycles. The molecule has 1 N–H and O–H groups in total. The molecule has 1 atom stereocenters. The van der Waals surface area contributed by atoms with Gasteiger partial charge in [0.15, 0.2) is 11.5 Å². The molecule has 6 nitrogen and oxygen atoms in total. The van der Waals surface area contributed by atoms with Gasteiger partial charge in [-0.2, -0.15) is 0 Å². The number of hydrogen-bond donors (Lipinski definition) is 1. The van der Waals surface area contributed by atoms with Crippen molar-refractivity contribution in [3.05, 3.63) is 47.5 Å². The number of ether oxygens (including phenoxy) is 4. The molecular weight excluding hydrogens is 370 g/mol. The molecule has 2 aromatic rings. The Morgan fingerprint density at radius 3 is 2.52 bits per heavy atom. The molecule has 0 fully saturated rings. The smallest absolute Gasteiger partial charge is 0.220 e. The van der Waals surface area contributed by atoms with Gasteiger partial charge in [-0.25, -0.2) is 0 Å². The first-order valence-electron chi connectivity index (χ1n) is 9.72. The van der Waals surface area contributed by atoms with E-state index in [-0.39, 0.29) is 17.6 Å². The fourth-order valence-electron chi connectivity index (χ4n) is 3.65. The summed E-state index contributed by atoms with van der Waals surface area (Å²) in [5.41, 5.74) is 1.61. The quantitative estimate of drug-likeness (QED) is 0.760. The Kier molecular flexibility index (Phi) is 6.20. The highest BCUT2D eigenvalue weighted by Gasteiger charge is 2.34. The summed E-state index contributed by atoms with van der Waals surface area (Å²) >= 11 is 0. The van der Waals surface area contributed by atoms with E-state index in [2.05, 4.69) is 5.32 Å². The number of fused-ring (bicyclic) bond motifs is 1. The van der Waals surface area contributed by atoms with Gasteiger partial charge in [-0.1, -0.05) is 6.07 Å². The van der Waals surface area contributed by atoms with Crippen molar-refractivity contribution >= 4 is 5.91 Å². The van der Waals surface area contributed by atoms with Gasteiger partial charge >= 0.3 is 0 Å². The number of carbonyl (C=O) groups is 1. The lowest BCUT2D eigenvalue weighted by molar-refractivity contribution is -0.122. The third-order valence-electron chi connectivity index (χ3n) is 5.10. The largest absolute Gasteiger partial charge is 0.497 e. The predicted molar refractivity (Wildman–Crippen MR) is 111 cm³/mol. The standard InChI is InChI=1S/C23H29NO5/c1-23(2)14-18(17-13-16(26-3)8-10-19(17)29-23)24-22(25)11-7-15-6-9-20(27-4)21(12-15)28-5/h6,8-10,12-13,18H,7,11,14H2,1-5H3,(H,24,25)/t18-/m1/s1. The van der Waals surface area contributed by atoms with Gasteiger partial charge in [-0.05, 0) is 56.2 Å². The maximum Gasteiger partial charge on any atom is 0.220 e. The van der Waals surface area contributed by atoms with E-state index in [0.717, 1.165) is 22.6 Å². The minimum atomic E-state index is -0.358. The molecule has 29 heavy (non-hydrogen) atoms. The van der Waals surface area contributed by atoms with E-state index in [9.17, 15) is 4.79 Å². The molecule has 0 unspecified atom stereocenters. The van der Waals surface area contributed by atoms with Crippen molar-refractivity contribution in [2.45, 2.75) is 44.8 Å². The molecule has 0 aromatic heterocycles. The fraction of sp³-hybridized carbons (Fsp3) is 0.435. The van der Waals surface area contributed by atoms with Crippen molar-refractivity contribution in [3.63, 3.8) is 0 Å². The summed E-state index contributed by atoms with van der Waals surface area (Å²) in [7, 11) is 4.84. The Bertz CT molecular complexity index is 878. The first-order valence-corrected chi connectivity index (χ1v) is 9.72. The van der Waals surface area contributed by atoms with Crippen molar-refractivity contribution in [3.8, 4) is 23.0 Å². The molecular formula is C23H29NO5. The lowest BCUT2D eigenvalue weighted by Gasteiger charge is -2.38. The molecule has 0 saturated heterocycles. The predicted octanol–water partition coefficient (Wildman–Crippen LogP) is 4.06. The summed E-state index contributed by atoms with van der Waals surface area (Å²) in [6.45, 7) is 4.06. The van der Waals surface area contributed by atoms with Gasteiger partial charge in [0, 0.05) is 18.4 Å². The van der Waals surface area contributed by atoms with Crippen molar-refractivity contribution < 1.29 is 23.7 Å². The van der Waals surface area contributed by atoms with E-state index in [1.165, 1.54) is 0 Å². The molecule has 0 aliphatic carbocycles. The number of amides is 1. The van der Waals surface area contributed by atoms with E-state index in [1.807, 2.05) is 50.2 Å². The van der Waals surface area contributed by atoms with Crippen LogP contribution in [-0.4, -0.2) is 32.8 Å². The van der Waals surface area contributed by atoms with Gasteiger partial charge in [0.2, 0.25) is 5.91 Å². The molecule has 0 spiro atoms. The third kappa shape index (κ3) is 4.94. The molecule has 1 aliphatic rings. The van der Waals surface area contributed by atoms with Crippen LogP contribution < -0.4 is 24.3 Å². The Balaban J connectivity index is 1.69. The topological polar surface area (TPSA) is 66.0 Å². The highest BCUT2D eigenvalue weighted by Crippen LogP contribution is 2.41. The van der Waals surface area contributed by atoms with Crippen LogP contribution in [0.15, 0.2) is 36.4 Å². The number of benzene rings is 2. The fourth-order valence-corrected chi connectivity index (χ4v) is 3.65. The molecule has 6 heteroatoms. The summed E-state index contributed by atoms with van der Waals surface area (Å²) < 4.78 is 22.0. The Labute approximate surface area is 172 Å². The molecule has 156 valence electrons. The second-order valence-corrected chi connectivity index (χ2v) is 7.78. The molecule has 1 heterocycles. The van der Waals surface area contributed by atoms with E-state index in [1.54, 1.807) is 21.3 Å². The van der Waals surface area contributed by atoms with E-state index < -0.39 is 0 Å². The maximum atomic E-state index is 12.7. The van der Waals surface area contributed by atoms with E-state index in [4.69, 9.17) is 18.9 Å². The van der Waals surface area contributed by atoms with Crippen molar-refractivity contribution in [1.82, 2.24) is 5.32 Å². The summed E-state index contributed by atoms with van der Waals surface area (Å²) in [4.78, 5) is 12.7. The first-order chi connectivity index (χ1) is 13.8. The zero-order valence-corrected chi connectivity index (χ0v) is 17.7. The van der Waals surface area contributed by atoms with E-state index in [0.29, 0.717) is 30.8 Å². The number of rotatable bonds is 7. The molecule has 0 radical (unpaired) electrons. The van der Waals surface area contributed by atoms with Crippen LogP contribution in [0.4, 0.5) is 0 Å². The van der Waals surface area contributed by atoms with Crippen LogP contribution in [0.2, 0.25) is 0 Å². The van der Waals surface area contributed by atoms with Gasteiger partial charge in [-0.15, -0.1) is 0 Å². The normalized spacial score (nSPS) is 16.9. The average Bonchev–Trinajstić information content (AvgIpc) is 2.71. The minimum Gasteiger partial charge on any atom is -0.497 e. The summed E-state index contributed by atoms with van der Waals surface area (Å²) in [6.07, 6.45) is 1.69. The second-order valence-electron chi connectivity index (χ2n) is 7.78. The SMILES string of the molecule is COc1ccc2c(c1)[C@H](NC(=O)CCc1ccc(OC)c(OC)c1)CC(C)(C)O2. The summed E-state index contributed by atoms with van der Waals surface area (Å²) in [6, 6.07) is 11.3. The number of methoxy groups -OCH3 is 3. The Morgan fingerprint density at radius 2 is 1.83 bits per heavy atom. The van der Waals surface area contributed by atoms with Gasteiger partial charge in [0.1, 0.15) is 17.1 Å². The van der Waals surface area contributed by atoms with Gasteiger partial charge in [0.05, 0.1) is 27.4 Å². The molecule has 1 amide bonds. The highest BCUT2D eigenvalue weighted by atomic mass is 16.5. The number of carbonyl (C=O) groups excluding carboxylic acids is 1. The van der Waals surface area contributed by atoms with Crippen molar-refractivity contribution in [2.75, 3.05) is 21.3 Å². The van der Waals surface area contributed by atoms with E-state index >= 15 is 0 Å². The van der Waals surface area contributed by atoms with Crippen molar-refractivity contribution in [2.24, 2.45) is 0 Å². The van der Waals surface area contributed by atoms with Crippen LogP contribution in [0.3, 0.4) is 0 Å². The summed E-state index contributed by atoms with van der Waals surface area (Å²) in [5.74, 6) is 2.87. The van der Waals surface area contributed by atoms with Crippen LogP contribution in [0.1, 0.15) is 43.9 Å². The lowest BCUT2D eigenvalue weighted by Crippen LogP contribution is -2.41. The third-order valence-corrected chi connectivity index (χ3v) is 5.10. The monoisotopic (exact) mass is 399 g/mol. The number of nitrogens with one attached hydrogen (secondary N) is 1. The van der Waals surface area contributed by atoms with Crippen LogP contribution in [0, 0.1) is 0 Å². The first kappa shape index (κ1) is 20.8. The summed E-state index contributed by atoms with van der Waals surface area (Å²) in [5, 5.41) is 3.17. The number of hydrogen-bond acceptors (Lipinski definition) is 5.